The van der Waals surface area contributed by atoms with E-state index in [-0.39, 0.29) is 0 Å². The summed E-state index contributed by atoms with van der Waals surface area (Å²) < 4.78 is 0. The molecule has 0 aliphatic heterocycles. The Hall–Kier alpha value is -0.120. The summed E-state index contributed by atoms with van der Waals surface area (Å²) in [5, 5.41) is 9.47. The van der Waals surface area contributed by atoms with Gasteiger partial charge in [-0.25, -0.2) is 0 Å². The Morgan fingerprint density at radius 2 is 1.10 bits per heavy atom. The third kappa shape index (κ3) is 4.73. The lowest BCUT2D eigenvalue weighted by atomic mass is 10.1. The molecule has 0 aliphatic rings. The molecule has 0 atom stereocenters. The Morgan fingerprint density at radius 1 is 0.800 bits per heavy atom. The van der Waals surface area contributed by atoms with E-state index in [0.29, 0.717) is 5.92 Å². The van der Waals surface area contributed by atoms with E-state index in [4.69, 9.17) is 0 Å². The van der Waals surface area contributed by atoms with Crippen molar-refractivity contribution in [3.05, 3.63) is 0 Å². The van der Waals surface area contributed by atoms with Crippen LogP contribution in [0.25, 0.3) is 0 Å². The van der Waals surface area contributed by atoms with Crippen LogP contribution in [0.3, 0.4) is 0 Å². The highest BCUT2D eigenvalue weighted by Crippen LogP contribution is 1.88. The Labute approximate surface area is 63.6 Å². The first kappa shape index (κ1) is 9.88. The molecule has 10 heavy (non-hydrogen) atoms. The molecule has 0 saturated heterocycles. The molecule has 62 valence electrons. The van der Waals surface area contributed by atoms with Crippen molar-refractivity contribution >= 4 is 0 Å². The zero-order valence-corrected chi connectivity index (χ0v) is 7.20. The van der Waals surface area contributed by atoms with Crippen molar-refractivity contribution in [3.8, 4) is 0 Å². The van der Waals surface area contributed by atoms with Crippen LogP contribution < -0.4 is 16.0 Å². The minimum Gasteiger partial charge on any atom is -0.319 e. The number of hydrogen-bond acceptors (Lipinski definition) is 3. The number of rotatable bonds is 6. The highest BCUT2D eigenvalue weighted by Gasteiger charge is 2.03. The lowest BCUT2D eigenvalue weighted by Crippen LogP contribution is -2.34. The molecule has 0 bridgehead atoms. The standard InChI is InChI=1S/C7H19N3/c1-8-4-7(5-9-2)6-10-3/h7-10H,4-6H2,1-3H3. The van der Waals surface area contributed by atoms with Crippen LogP contribution in [0.4, 0.5) is 0 Å². The highest BCUT2D eigenvalue weighted by atomic mass is 14.9. The third-order valence-electron chi connectivity index (χ3n) is 1.48. The molecule has 0 fully saturated rings. The molecular weight excluding hydrogens is 126 g/mol. The van der Waals surface area contributed by atoms with Crippen molar-refractivity contribution in [2.45, 2.75) is 0 Å². The molecule has 0 radical (unpaired) electrons. The predicted octanol–water partition coefficient (Wildman–Crippen LogP) is -0.739. The fourth-order valence-corrected chi connectivity index (χ4v) is 1.08. The van der Waals surface area contributed by atoms with E-state index in [1.807, 2.05) is 21.1 Å². The Bertz CT molecular complexity index is 51.6. The van der Waals surface area contributed by atoms with Crippen LogP contribution in [0.15, 0.2) is 0 Å². The lowest BCUT2D eigenvalue weighted by Gasteiger charge is -2.14. The molecular formula is C7H19N3. The van der Waals surface area contributed by atoms with Crippen LogP contribution in [0.5, 0.6) is 0 Å². The van der Waals surface area contributed by atoms with Crippen LogP contribution in [0.2, 0.25) is 0 Å². The van der Waals surface area contributed by atoms with Gasteiger partial charge in [0, 0.05) is 19.6 Å². The molecule has 0 aromatic carbocycles. The SMILES string of the molecule is CNCC(CNC)CNC. The Balaban J connectivity index is 3.30. The van der Waals surface area contributed by atoms with E-state index in [2.05, 4.69) is 16.0 Å². The monoisotopic (exact) mass is 145 g/mol. The van der Waals surface area contributed by atoms with Gasteiger partial charge in [-0.2, -0.15) is 0 Å². The van der Waals surface area contributed by atoms with E-state index in [1.54, 1.807) is 0 Å². The van der Waals surface area contributed by atoms with Gasteiger partial charge in [-0.05, 0) is 27.1 Å². The van der Waals surface area contributed by atoms with Crippen molar-refractivity contribution in [3.63, 3.8) is 0 Å². The summed E-state index contributed by atoms with van der Waals surface area (Å²) in [7, 11) is 5.95. The minimum absolute atomic E-state index is 0.694. The second-order valence-electron chi connectivity index (χ2n) is 2.54. The molecule has 0 aromatic rings. The lowest BCUT2D eigenvalue weighted by molar-refractivity contribution is 0.457. The summed E-state index contributed by atoms with van der Waals surface area (Å²) in [6.45, 7) is 3.21. The quantitative estimate of drug-likeness (QED) is 0.461. The van der Waals surface area contributed by atoms with Gasteiger partial charge in [0.1, 0.15) is 0 Å². The van der Waals surface area contributed by atoms with Gasteiger partial charge in [0.05, 0.1) is 0 Å². The number of hydrogen-bond donors (Lipinski definition) is 3. The smallest absolute Gasteiger partial charge is 0.0000798 e. The van der Waals surface area contributed by atoms with E-state index in [0.717, 1.165) is 19.6 Å². The van der Waals surface area contributed by atoms with Crippen molar-refractivity contribution in [2.24, 2.45) is 5.92 Å². The van der Waals surface area contributed by atoms with Crippen LogP contribution >= 0.6 is 0 Å². The van der Waals surface area contributed by atoms with E-state index >= 15 is 0 Å². The van der Waals surface area contributed by atoms with Gasteiger partial charge in [0.25, 0.3) is 0 Å². The summed E-state index contributed by atoms with van der Waals surface area (Å²) in [4.78, 5) is 0. The van der Waals surface area contributed by atoms with Gasteiger partial charge in [0.2, 0.25) is 0 Å². The van der Waals surface area contributed by atoms with E-state index in [9.17, 15) is 0 Å². The van der Waals surface area contributed by atoms with Gasteiger partial charge < -0.3 is 16.0 Å². The topological polar surface area (TPSA) is 36.1 Å². The first-order valence-corrected chi connectivity index (χ1v) is 3.79. The van der Waals surface area contributed by atoms with Gasteiger partial charge >= 0.3 is 0 Å². The molecule has 0 amide bonds. The molecule has 3 nitrogen and oxygen atoms in total. The second-order valence-corrected chi connectivity index (χ2v) is 2.54. The molecule has 0 heterocycles. The maximum absolute atomic E-state index is 3.16. The third-order valence-corrected chi connectivity index (χ3v) is 1.48. The van der Waals surface area contributed by atoms with Gasteiger partial charge in [-0.1, -0.05) is 0 Å². The van der Waals surface area contributed by atoms with Crippen LogP contribution in [0, 0.1) is 5.92 Å². The summed E-state index contributed by atoms with van der Waals surface area (Å²) in [5.41, 5.74) is 0. The van der Waals surface area contributed by atoms with Gasteiger partial charge in [-0.15, -0.1) is 0 Å². The minimum atomic E-state index is 0.694. The summed E-state index contributed by atoms with van der Waals surface area (Å²) >= 11 is 0. The normalized spacial score (nSPS) is 10.8. The van der Waals surface area contributed by atoms with Gasteiger partial charge in [0.15, 0.2) is 0 Å². The van der Waals surface area contributed by atoms with Crippen LogP contribution in [-0.2, 0) is 0 Å². The Kier molecular flexibility index (Phi) is 6.91. The molecule has 0 unspecified atom stereocenters. The summed E-state index contributed by atoms with van der Waals surface area (Å²) in [5.74, 6) is 0.694. The molecule has 0 saturated carbocycles. The van der Waals surface area contributed by atoms with Crippen molar-refractivity contribution in [2.75, 3.05) is 40.8 Å². The Morgan fingerprint density at radius 3 is 1.30 bits per heavy atom. The molecule has 3 N–H and O–H groups in total. The predicted molar refractivity (Wildman–Crippen MR) is 45.3 cm³/mol. The largest absolute Gasteiger partial charge is 0.319 e. The first-order valence-electron chi connectivity index (χ1n) is 3.79. The van der Waals surface area contributed by atoms with Crippen molar-refractivity contribution in [1.29, 1.82) is 0 Å². The maximum atomic E-state index is 3.16. The fourth-order valence-electron chi connectivity index (χ4n) is 1.08. The zero-order valence-electron chi connectivity index (χ0n) is 7.20. The average molecular weight is 145 g/mol. The number of nitrogens with one attached hydrogen (secondary N) is 3. The summed E-state index contributed by atoms with van der Waals surface area (Å²) in [6.07, 6.45) is 0. The average Bonchev–Trinajstić information content (AvgIpc) is 1.90. The first-order chi connectivity index (χ1) is 4.85. The summed E-state index contributed by atoms with van der Waals surface area (Å²) in [6, 6.07) is 0. The fraction of sp³-hybridized carbons (Fsp3) is 1.00. The van der Waals surface area contributed by atoms with Crippen LogP contribution in [-0.4, -0.2) is 40.8 Å². The van der Waals surface area contributed by atoms with Crippen molar-refractivity contribution < 1.29 is 0 Å². The molecule has 3 heteroatoms. The van der Waals surface area contributed by atoms with E-state index < -0.39 is 0 Å². The van der Waals surface area contributed by atoms with Gasteiger partial charge in [-0.3, -0.25) is 0 Å². The van der Waals surface area contributed by atoms with Crippen molar-refractivity contribution in [1.82, 2.24) is 16.0 Å². The molecule has 0 rings (SSSR count). The zero-order chi connectivity index (χ0) is 7.82. The van der Waals surface area contributed by atoms with E-state index in [1.165, 1.54) is 0 Å². The second kappa shape index (κ2) is 6.99. The maximum Gasteiger partial charge on any atom is 0.0000798 e. The highest BCUT2D eigenvalue weighted by molar-refractivity contribution is 4.64. The van der Waals surface area contributed by atoms with Crippen LogP contribution in [0.1, 0.15) is 0 Å². The molecule has 0 aliphatic carbocycles. The molecule has 0 aromatic heterocycles. The molecule has 0 spiro atoms.